The van der Waals surface area contributed by atoms with Crippen molar-refractivity contribution in [2.75, 3.05) is 16.9 Å². The number of hydrogen-bond acceptors (Lipinski definition) is 4. The van der Waals surface area contributed by atoms with Gasteiger partial charge in [-0.15, -0.1) is 0 Å². The van der Waals surface area contributed by atoms with Crippen molar-refractivity contribution in [1.82, 2.24) is 5.43 Å². The van der Waals surface area contributed by atoms with Crippen LogP contribution >= 0.6 is 27.5 Å². The number of anilines is 2. The Labute approximate surface area is 207 Å². The smallest absolute Gasteiger partial charge is 0.282 e. The van der Waals surface area contributed by atoms with E-state index in [2.05, 4.69) is 26.7 Å². The largest absolute Gasteiger partial charge is 0.482 e. The maximum absolute atomic E-state index is 13.8. The second kappa shape index (κ2) is 10.1. The highest BCUT2D eigenvalue weighted by molar-refractivity contribution is 9.10. The van der Waals surface area contributed by atoms with Gasteiger partial charge < -0.3 is 10.1 Å². The molecule has 2 N–H and O–H groups in total. The highest BCUT2D eigenvalue weighted by Gasteiger charge is 2.34. The lowest BCUT2D eigenvalue weighted by molar-refractivity contribution is -0.118. The average molecular weight is 545 g/mol. The number of carbonyl (C=O) groups is 3. The van der Waals surface area contributed by atoms with Crippen molar-refractivity contribution >= 4 is 62.7 Å². The fourth-order valence-corrected chi connectivity index (χ4v) is 4.15. The van der Waals surface area contributed by atoms with E-state index < -0.39 is 30.1 Å². The number of amides is 3. The molecule has 10 heteroatoms. The molecule has 0 unspecified atom stereocenters. The first-order chi connectivity index (χ1) is 16.3. The molecule has 3 aromatic carbocycles. The topological polar surface area (TPSA) is 87.7 Å². The van der Waals surface area contributed by atoms with Crippen LogP contribution in [-0.2, 0) is 14.4 Å². The van der Waals surface area contributed by atoms with Crippen molar-refractivity contribution < 1.29 is 23.5 Å². The quantitative estimate of drug-likeness (QED) is 0.347. The van der Waals surface area contributed by atoms with E-state index in [-0.39, 0.29) is 17.0 Å². The molecule has 1 heterocycles. The van der Waals surface area contributed by atoms with Crippen molar-refractivity contribution in [2.24, 2.45) is 0 Å². The molecular formula is C24H16BrClFN3O4. The van der Waals surface area contributed by atoms with Gasteiger partial charge in [0.1, 0.15) is 17.1 Å². The summed E-state index contributed by atoms with van der Waals surface area (Å²) in [7, 11) is 0. The van der Waals surface area contributed by atoms with Crippen molar-refractivity contribution in [3.63, 3.8) is 0 Å². The Morgan fingerprint density at radius 1 is 1.12 bits per heavy atom. The maximum atomic E-state index is 13.8. The number of ether oxygens (including phenoxy) is 1. The molecule has 0 bridgehead atoms. The van der Waals surface area contributed by atoms with Gasteiger partial charge in [-0.2, -0.15) is 0 Å². The van der Waals surface area contributed by atoms with Crippen LogP contribution in [0.4, 0.5) is 15.8 Å². The summed E-state index contributed by atoms with van der Waals surface area (Å²) in [5.41, 5.74) is 3.19. The number of nitrogens with zero attached hydrogens (tertiary/aromatic N) is 1. The van der Waals surface area contributed by atoms with Gasteiger partial charge in [0.05, 0.1) is 15.8 Å². The zero-order valence-electron chi connectivity index (χ0n) is 17.3. The number of rotatable bonds is 6. The van der Waals surface area contributed by atoms with E-state index in [4.69, 9.17) is 16.3 Å². The first-order valence-corrected chi connectivity index (χ1v) is 11.1. The highest BCUT2D eigenvalue weighted by Crippen LogP contribution is 2.35. The van der Waals surface area contributed by atoms with E-state index in [1.54, 1.807) is 42.5 Å². The lowest BCUT2D eigenvalue weighted by Crippen LogP contribution is -2.35. The molecule has 0 atom stereocenters. The predicted octanol–water partition coefficient (Wildman–Crippen LogP) is 4.72. The Hall–Kier alpha value is -3.69. The van der Waals surface area contributed by atoms with E-state index in [1.165, 1.54) is 30.3 Å². The summed E-state index contributed by atoms with van der Waals surface area (Å²) in [4.78, 5) is 37.7. The van der Waals surface area contributed by atoms with Crippen molar-refractivity contribution in [2.45, 2.75) is 0 Å². The first-order valence-electron chi connectivity index (χ1n) is 9.92. The monoisotopic (exact) mass is 543 g/mol. The number of hydrogen-bond donors (Lipinski definition) is 2. The van der Waals surface area contributed by atoms with Crippen LogP contribution in [-0.4, -0.2) is 24.3 Å². The average Bonchev–Trinajstić information content (AvgIpc) is 3.09. The molecular weight excluding hydrogens is 529 g/mol. The van der Waals surface area contributed by atoms with E-state index in [0.717, 1.165) is 5.01 Å². The molecule has 1 aliphatic rings. The second-order valence-corrected chi connectivity index (χ2v) is 8.39. The van der Waals surface area contributed by atoms with Gasteiger partial charge in [-0.25, -0.2) is 9.40 Å². The van der Waals surface area contributed by atoms with Crippen LogP contribution in [0.2, 0.25) is 5.02 Å². The lowest BCUT2D eigenvalue weighted by Gasteiger charge is -2.14. The Morgan fingerprint density at radius 2 is 1.82 bits per heavy atom. The normalized spacial score (nSPS) is 14.3. The minimum absolute atomic E-state index is 0.0165. The number of benzene rings is 3. The summed E-state index contributed by atoms with van der Waals surface area (Å²) in [5, 5.41) is 3.87. The predicted molar refractivity (Wildman–Crippen MR) is 130 cm³/mol. The molecule has 34 heavy (non-hydrogen) atoms. The molecule has 1 fully saturated rings. The minimum atomic E-state index is -0.604. The number of halogens is 3. The van der Waals surface area contributed by atoms with Crippen LogP contribution in [0.1, 0.15) is 5.56 Å². The fraction of sp³-hybridized carbons (Fsp3) is 0.0417. The Bertz CT molecular complexity index is 1320. The Balaban J connectivity index is 1.57. The number of para-hydroxylation sites is 2. The van der Waals surface area contributed by atoms with Gasteiger partial charge in [-0.1, -0.05) is 41.9 Å². The molecule has 3 aromatic rings. The van der Waals surface area contributed by atoms with E-state index >= 15 is 0 Å². The van der Waals surface area contributed by atoms with Gasteiger partial charge >= 0.3 is 0 Å². The summed E-state index contributed by atoms with van der Waals surface area (Å²) >= 11 is 9.49. The van der Waals surface area contributed by atoms with Gasteiger partial charge in [-0.05, 0) is 58.4 Å². The molecule has 7 nitrogen and oxygen atoms in total. The lowest BCUT2D eigenvalue weighted by atomic mass is 10.1. The first kappa shape index (κ1) is 23.5. The van der Waals surface area contributed by atoms with Gasteiger partial charge in [0.25, 0.3) is 17.7 Å². The molecule has 4 rings (SSSR count). The number of nitrogens with one attached hydrogen (secondary N) is 2. The summed E-state index contributed by atoms with van der Waals surface area (Å²) in [6.07, 6.45) is 1.33. The third-order valence-electron chi connectivity index (χ3n) is 4.74. The molecule has 0 radical (unpaired) electrons. The van der Waals surface area contributed by atoms with Crippen LogP contribution in [0.15, 0.2) is 76.8 Å². The molecule has 0 spiro atoms. The third kappa shape index (κ3) is 5.11. The van der Waals surface area contributed by atoms with E-state index in [9.17, 15) is 18.8 Å². The summed E-state index contributed by atoms with van der Waals surface area (Å²) in [6.45, 7) is -0.457. The SMILES string of the molecule is O=C(COc1c(Br)cc(Cl)cc1/C=C1/C(=O)NN(c2ccccc2)C1=O)Nc1ccccc1F. The summed E-state index contributed by atoms with van der Waals surface area (Å²) in [6, 6.07) is 17.4. The number of carbonyl (C=O) groups excluding carboxylic acids is 3. The Kier molecular flexibility index (Phi) is 6.95. The van der Waals surface area contributed by atoms with Crippen LogP contribution < -0.4 is 20.5 Å². The van der Waals surface area contributed by atoms with Crippen LogP contribution in [0, 0.1) is 5.82 Å². The zero-order valence-corrected chi connectivity index (χ0v) is 19.7. The molecule has 1 aliphatic heterocycles. The molecule has 172 valence electrons. The highest BCUT2D eigenvalue weighted by atomic mass is 79.9. The molecule has 0 aliphatic carbocycles. The van der Waals surface area contributed by atoms with Gasteiger partial charge in [0, 0.05) is 10.6 Å². The third-order valence-corrected chi connectivity index (χ3v) is 5.55. The van der Waals surface area contributed by atoms with E-state index in [1.807, 2.05) is 0 Å². The van der Waals surface area contributed by atoms with Crippen molar-refractivity contribution in [1.29, 1.82) is 0 Å². The molecule has 1 saturated heterocycles. The maximum Gasteiger partial charge on any atom is 0.282 e. The zero-order chi connectivity index (χ0) is 24.2. The summed E-state index contributed by atoms with van der Waals surface area (Å²) < 4.78 is 19.8. The second-order valence-electron chi connectivity index (χ2n) is 7.10. The summed E-state index contributed by atoms with van der Waals surface area (Å²) in [5.74, 6) is -2.17. The standard InChI is InChI=1S/C24H16BrClFN3O4/c25-18-12-15(26)10-14(22(18)34-13-21(31)28-20-9-5-4-8-19(20)27)11-17-23(32)29-30(24(17)33)16-6-2-1-3-7-16/h1-12H,13H2,(H,28,31)(H,29,32)/b17-11-. The van der Waals surface area contributed by atoms with Crippen molar-refractivity contribution in [3.05, 3.63) is 93.2 Å². The van der Waals surface area contributed by atoms with Gasteiger partial charge in [-0.3, -0.25) is 19.8 Å². The molecule has 3 amide bonds. The van der Waals surface area contributed by atoms with Crippen LogP contribution in [0.25, 0.3) is 6.08 Å². The molecule has 0 saturated carbocycles. The van der Waals surface area contributed by atoms with Crippen LogP contribution in [0.3, 0.4) is 0 Å². The van der Waals surface area contributed by atoms with Crippen molar-refractivity contribution in [3.8, 4) is 5.75 Å². The number of hydrazine groups is 1. The molecule has 0 aromatic heterocycles. The van der Waals surface area contributed by atoms with Gasteiger partial charge in [0.15, 0.2) is 6.61 Å². The van der Waals surface area contributed by atoms with Gasteiger partial charge in [0.2, 0.25) is 0 Å². The fourth-order valence-electron chi connectivity index (χ4n) is 3.20. The van der Waals surface area contributed by atoms with E-state index in [0.29, 0.717) is 20.7 Å². The Morgan fingerprint density at radius 3 is 2.56 bits per heavy atom. The minimum Gasteiger partial charge on any atom is -0.482 e. The van der Waals surface area contributed by atoms with Crippen LogP contribution in [0.5, 0.6) is 5.75 Å².